The van der Waals surface area contributed by atoms with E-state index in [1.54, 1.807) is 4.90 Å². The van der Waals surface area contributed by atoms with Gasteiger partial charge in [-0.25, -0.2) is 12.8 Å². The number of hydrogen-bond donors (Lipinski definition) is 4. The average Bonchev–Trinajstić information content (AvgIpc) is 3.82. The standard InChI is InChI=1S/C49H59FN4O6SSi.CH2O2/c1-49(2,3)62(45-11-6-4-7-12-45,46-13-8-5-9-14-46)60-43-24-22-42(23-25-43)59-36-41(55)35-51-31-28-37-16-20-39(21-17-37)52-40-29-33-53(34-30-40)48(56)47-15-10-32-54(47)61(57,58)44-26-18-38(50)19-27-44;2-1-3/h4-9,11-14,16-27,40-41,47,51-52,55H,10,15,28-36H2,1-3H3;1H,(H,2,3)/t41-,47-;/m0./s1. The van der Waals surface area contributed by atoms with Crippen LogP contribution >= 0.6 is 0 Å². The molecule has 1 amide bonds. The molecule has 2 aliphatic heterocycles. The number of hydrogen-bond acceptors (Lipinski definition) is 9. The molecule has 5 aromatic carbocycles. The van der Waals surface area contributed by atoms with Crippen molar-refractivity contribution >= 4 is 46.8 Å². The number of carbonyl (C=O) groups excluding carboxylic acids is 1. The van der Waals surface area contributed by atoms with Crippen molar-refractivity contribution in [3.8, 4) is 11.5 Å². The highest BCUT2D eigenvalue weighted by Crippen LogP contribution is 2.38. The lowest BCUT2D eigenvalue weighted by Gasteiger charge is -2.43. The molecule has 0 saturated carbocycles. The average molecular weight is 925 g/mol. The third kappa shape index (κ3) is 12.4. The first-order chi connectivity index (χ1) is 31.2. The molecule has 0 unspecified atom stereocenters. The highest BCUT2D eigenvalue weighted by molar-refractivity contribution is 7.89. The van der Waals surface area contributed by atoms with Crippen LogP contribution in [0.3, 0.4) is 0 Å². The molecule has 0 spiro atoms. The van der Waals surface area contributed by atoms with E-state index in [1.807, 2.05) is 36.4 Å². The van der Waals surface area contributed by atoms with Gasteiger partial charge in [0, 0.05) is 37.9 Å². The maximum atomic E-state index is 13.5. The number of amides is 1. The number of nitrogens with zero attached hydrogens (tertiary/aromatic N) is 2. The monoisotopic (exact) mass is 924 g/mol. The van der Waals surface area contributed by atoms with Crippen LogP contribution in [0, 0.1) is 5.82 Å². The van der Waals surface area contributed by atoms with Crippen molar-refractivity contribution in [3.63, 3.8) is 0 Å². The number of carboxylic acid groups (broad SMARTS) is 1. The zero-order valence-electron chi connectivity index (χ0n) is 37.3. The van der Waals surface area contributed by atoms with Crippen LogP contribution in [0.5, 0.6) is 11.5 Å². The van der Waals surface area contributed by atoms with Crippen molar-refractivity contribution in [1.82, 2.24) is 14.5 Å². The van der Waals surface area contributed by atoms with Gasteiger partial charge in [-0.3, -0.25) is 9.59 Å². The van der Waals surface area contributed by atoms with Crippen LogP contribution in [0.25, 0.3) is 0 Å². The lowest BCUT2D eigenvalue weighted by Crippen LogP contribution is -2.68. The van der Waals surface area contributed by atoms with Gasteiger partial charge in [-0.2, -0.15) is 4.31 Å². The number of aliphatic hydroxyl groups excluding tert-OH is 1. The molecule has 2 atom stereocenters. The number of rotatable bonds is 17. The first kappa shape index (κ1) is 48.9. The Hall–Kier alpha value is -5.58. The Kier molecular flexibility index (Phi) is 17.0. The number of halogens is 1. The molecule has 2 fully saturated rings. The normalized spacial score (nSPS) is 16.5. The quantitative estimate of drug-likeness (QED) is 0.0475. The third-order valence-electron chi connectivity index (χ3n) is 12.0. The topological polar surface area (TPSA) is 158 Å². The second kappa shape index (κ2) is 22.5. The Balaban J connectivity index is 0.00000227. The summed E-state index contributed by atoms with van der Waals surface area (Å²) < 4.78 is 54.4. The van der Waals surface area contributed by atoms with E-state index in [-0.39, 0.29) is 41.5 Å². The molecular formula is C50H61FN4O8SSi. The number of benzene rings is 5. The summed E-state index contributed by atoms with van der Waals surface area (Å²) >= 11 is 0. The van der Waals surface area contributed by atoms with E-state index in [2.05, 4.69) is 104 Å². The number of nitrogens with one attached hydrogen (secondary N) is 2. The van der Waals surface area contributed by atoms with Gasteiger partial charge < -0.3 is 34.9 Å². The van der Waals surface area contributed by atoms with Crippen molar-refractivity contribution in [2.45, 2.75) is 81.0 Å². The number of anilines is 1. The van der Waals surface area contributed by atoms with E-state index in [1.165, 1.54) is 32.4 Å². The van der Waals surface area contributed by atoms with Crippen molar-refractivity contribution < 1.29 is 41.8 Å². The summed E-state index contributed by atoms with van der Waals surface area (Å²) in [7, 11) is -6.65. The molecule has 7 rings (SSSR count). The van der Waals surface area contributed by atoms with Crippen LogP contribution in [-0.2, 0) is 26.0 Å². The number of piperidine rings is 1. The number of likely N-dealkylation sites (tertiary alicyclic amines) is 1. The molecule has 0 bridgehead atoms. The summed E-state index contributed by atoms with van der Waals surface area (Å²) in [5.41, 5.74) is 2.18. The Bertz CT molecular complexity index is 2330. The summed E-state index contributed by atoms with van der Waals surface area (Å²) in [5.74, 6) is 0.780. The highest BCUT2D eigenvalue weighted by Gasteiger charge is 2.52. The minimum absolute atomic E-state index is 0.00142. The Morgan fingerprint density at radius 2 is 1.40 bits per heavy atom. The maximum absolute atomic E-state index is 13.5. The summed E-state index contributed by atoms with van der Waals surface area (Å²) in [5, 5.41) is 26.8. The molecule has 346 valence electrons. The van der Waals surface area contributed by atoms with Gasteiger partial charge in [-0.05, 0) is 120 Å². The van der Waals surface area contributed by atoms with Gasteiger partial charge >= 0.3 is 8.32 Å². The molecule has 15 heteroatoms. The molecule has 0 aliphatic carbocycles. The highest BCUT2D eigenvalue weighted by atomic mass is 32.2. The van der Waals surface area contributed by atoms with E-state index in [9.17, 15) is 22.7 Å². The molecule has 2 aliphatic rings. The SMILES string of the molecule is CC(C)(C)[Si](Oc1ccc(OC[C@@H](O)CNCCc2ccc(NC3CCN(C(=O)[C@@H]4CCCN4S(=O)(=O)c4ccc(F)cc4)CC3)cc2)cc1)(c1ccccc1)c1ccccc1.O=CO. The van der Waals surface area contributed by atoms with Crippen LogP contribution < -0.4 is 30.2 Å². The van der Waals surface area contributed by atoms with Crippen molar-refractivity contribution in [3.05, 3.63) is 145 Å². The van der Waals surface area contributed by atoms with E-state index < -0.39 is 36.3 Å². The van der Waals surface area contributed by atoms with Crippen LogP contribution in [0.4, 0.5) is 10.1 Å². The van der Waals surface area contributed by atoms with Gasteiger partial charge in [0.1, 0.15) is 36.1 Å². The lowest BCUT2D eigenvalue weighted by molar-refractivity contribution is -0.135. The molecule has 65 heavy (non-hydrogen) atoms. The Labute approximate surface area is 383 Å². The second-order valence-electron chi connectivity index (χ2n) is 17.4. The molecule has 12 nitrogen and oxygen atoms in total. The summed E-state index contributed by atoms with van der Waals surface area (Å²) in [6, 6.07) is 41.3. The minimum atomic E-state index is -3.90. The lowest BCUT2D eigenvalue weighted by atomic mass is 10.0. The molecule has 0 aromatic heterocycles. The fraction of sp³-hybridized carbons (Fsp3) is 0.360. The van der Waals surface area contributed by atoms with E-state index >= 15 is 0 Å². The Morgan fingerprint density at radius 3 is 1.97 bits per heavy atom. The number of ether oxygens (including phenoxy) is 1. The van der Waals surface area contributed by atoms with Gasteiger partial charge in [-0.1, -0.05) is 93.6 Å². The summed E-state index contributed by atoms with van der Waals surface area (Å²) in [6.45, 7) is 9.15. The van der Waals surface area contributed by atoms with Crippen molar-refractivity contribution in [2.24, 2.45) is 0 Å². The van der Waals surface area contributed by atoms with Crippen LogP contribution in [-0.4, -0.2) is 106 Å². The first-order valence-electron chi connectivity index (χ1n) is 22.2. The predicted molar refractivity (Wildman–Crippen MR) is 254 cm³/mol. The Morgan fingerprint density at radius 1 is 0.831 bits per heavy atom. The van der Waals surface area contributed by atoms with Gasteiger partial charge in [0.2, 0.25) is 15.9 Å². The van der Waals surface area contributed by atoms with Gasteiger partial charge in [0.25, 0.3) is 6.47 Å². The first-order valence-corrected chi connectivity index (χ1v) is 25.5. The molecule has 2 saturated heterocycles. The smallest absolute Gasteiger partial charge is 0.319 e. The van der Waals surface area contributed by atoms with Gasteiger partial charge in [0.05, 0.1) is 4.90 Å². The van der Waals surface area contributed by atoms with Gasteiger partial charge in [0.15, 0.2) is 0 Å². The fourth-order valence-electron chi connectivity index (χ4n) is 8.66. The number of sulfonamides is 1. The summed E-state index contributed by atoms with van der Waals surface area (Å²) in [4.78, 5) is 23.7. The number of aliphatic hydroxyl groups is 1. The van der Waals surface area contributed by atoms with E-state index in [0.29, 0.717) is 44.8 Å². The van der Waals surface area contributed by atoms with Crippen LogP contribution in [0.15, 0.2) is 138 Å². The maximum Gasteiger partial charge on any atom is 0.319 e. The summed E-state index contributed by atoms with van der Waals surface area (Å²) in [6.07, 6.45) is 2.72. The van der Waals surface area contributed by atoms with E-state index in [0.717, 1.165) is 42.8 Å². The van der Waals surface area contributed by atoms with Crippen molar-refractivity contribution in [1.29, 1.82) is 0 Å². The van der Waals surface area contributed by atoms with Crippen molar-refractivity contribution in [2.75, 3.05) is 44.6 Å². The minimum Gasteiger partial charge on any atom is -0.534 e. The molecule has 0 radical (unpaired) electrons. The third-order valence-corrected chi connectivity index (χ3v) is 18.8. The second-order valence-corrected chi connectivity index (χ2v) is 23.5. The zero-order valence-corrected chi connectivity index (χ0v) is 39.1. The molecular weight excluding hydrogens is 864 g/mol. The molecule has 4 N–H and O–H groups in total. The largest absolute Gasteiger partial charge is 0.534 e. The van der Waals surface area contributed by atoms with Crippen LogP contribution in [0.2, 0.25) is 5.04 Å². The van der Waals surface area contributed by atoms with E-state index in [4.69, 9.17) is 19.1 Å². The predicted octanol–water partition coefficient (Wildman–Crippen LogP) is 6.29. The number of carbonyl (C=O) groups is 2. The fourth-order valence-corrected chi connectivity index (χ4v) is 14.7. The molecule has 2 heterocycles. The molecule has 5 aromatic rings. The zero-order chi connectivity index (χ0) is 46.5. The van der Waals surface area contributed by atoms with Crippen LogP contribution in [0.1, 0.15) is 52.0 Å². The van der Waals surface area contributed by atoms with Gasteiger partial charge in [-0.15, -0.1) is 0 Å².